The smallest absolute Gasteiger partial charge is 0.261 e. The Labute approximate surface area is 185 Å². The Kier molecular flexibility index (Phi) is 6.24. The van der Waals surface area contributed by atoms with Crippen LogP contribution < -0.4 is 15.4 Å². The fourth-order valence-corrected chi connectivity index (χ4v) is 3.93. The number of benzene rings is 2. The summed E-state index contributed by atoms with van der Waals surface area (Å²) >= 11 is 1.40. The van der Waals surface area contributed by atoms with E-state index in [1.54, 1.807) is 13.3 Å². The van der Waals surface area contributed by atoms with Crippen LogP contribution in [0.25, 0.3) is 10.6 Å². The topological polar surface area (TPSA) is 76.1 Å². The standard InChI is InChI=1S/C24H22N4O2S/c1-16(17-6-4-3-5-7-17)26-23(29)22-13-12-21(31-22)20-14-15-25-24(28-20)27-18-8-10-19(30-2)11-9-18/h3-16H,1-2H3,(H,26,29)(H,25,27,28)/t16-/m0/s1. The van der Waals surface area contributed by atoms with Crippen LogP contribution >= 0.6 is 11.3 Å². The van der Waals surface area contributed by atoms with Gasteiger partial charge < -0.3 is 15.4 Å². The first-order valence-corrected chi connectivity index (χ1v) is 10.6. The third-order valence-electron chi connectivity index (χ3n) is 4.73. The largest absolute Gasteiger partial charge is 0.497 e. The van der Waals surface area contributed by atoms with E-state index in [9.17, 15) is 4.79 Å². The molecule has 0 aliphatic heterocycles. The summed E-state index contributed by atoms with van der Waals surface area (Å²) in [5.74, 6) is 1.17. The molecule has 2 heterocycles. The van der Waals surface area contributed by atoms with Gasteiger partial charge in [0.1, 0.15) is 5.75 Å². The van der Waals surface area contributed by atoms with Crippen molar-refractivity contribution >= 4 is 28.9 Å². The molecule has 2 N–H and O–H groups in total. The van der Waals surface area contributed by atoms with Crippen molar-refractivity contribution in [2.24, 2.45) is 0 Å². The molecule has 0 bridgehead atoms. The molecule has 0 saturated carbocycles. The Balaban J connectivity index is 1.45. The van der Waals surface area contributed by atoms with E-state index in [0.29, 0.717) is 10.8 Å². The van der Waals surface area contributed by atoms with E-state index in [1.807, 2.05) is 79.7 Å². The van der Waals surface area contributed by atoms with Gasteiger partial charge in [-0.2, -0.15) is 0 Å². The number of amides is 1. The van der Waals surface area contributed by atoms with Gasteiger partial charge in [0.05, 0.1) is 28.6 Å². The van der Waals surface area contributed by atoms with Crippen molar-refractivity contribution in [3.8, 4) is 16.3 Å². The highest BCUT2D eigenvalue weighted by Gasteiger charge is 2.15. The molecule has 4 aromatic rings. The monoisotopic (exact) mass is 430 g/mol. The number of hydrogen-bond donors (Lipinski definition) is 2. The maximum absolute atomic E-state index is 12.7. The predicted molar refractivity (Wildman–Crippen MR) is 124 cm³/mol. The van der Waals surface area contributed by atoms with Gasteiger partial charge in [0.15, 0.2) is 0 Å². The zero-order valence-corrected chi connectivity index (χ0v) is 18.0. The number of carbonyl (C=O) groups is 1. The molecule has 4 rings (SSSR count). The summed E-state index contributed by atoms with van der Waals surface area (Å²) in [7, 11) is 1.63. The molecule has 31 heavy (non-hydrogen) atoms. The predicted octanol–water partition coefficient (Wildman–Crippen LogP) is 5.45. The van der Waals surface area contributed by atoms with E-state index >= 15 is 0 Å². The van der Waals surface area contributed by atoms with E-state index in [2.05, 4.69) is 20.6 Å². The van der Waals surface area contributed by atoms with Gasteiger partial charge in [-0.25, -0.2) is 9.97 Å². The normalized spacial score (nSPS) is 11.5. The first-order valence-electron chi connectivity index (χ1n) is 9.82. The van der Waals surface area contributed by atoms with Gasteiger partial charge in [0.2, 0.25) is 5.95 Å². The molecule has 0 fully saturated rings. The van der Waals surface area contributed by atoms with Crippen molar-refractivity contribution in [3.05, 3.63) is 89.4 Å². The number of aromatic nitrogens is 2. The van der Waals surface area contributed by atoms with Crippen LogP contribution in [0.1, 0.15) is 28.2 Å². The Bertz CT molecular complexity index is 1160. The minimum Gasteiger partial charge on any atom is -0.497 e. The number of nitrogens with one attached hydrogen (secondary N) is 2. The van der Waals surface area contributed by atoms with Crippen molar-refractivity contribution in [2.75, 3.05) is 12.4 Å². The Hall–Kier alpha value is -3.71. The van der Waals surface area contributed by atoms with Crippen molar-refractivity contribution in [1.82, 2.24) is 15.3 Å². The molecule has 0 aliphatic rings. The maximum Gasteiger partial charge on any atom is 0.261 e. The molecule has 156 valence electrons. The average molecular weight is 431 g/mol. The average Bonchev–Trinajstić information content (AvgIpc) is 3.31. The summed E-state index contributed by atoms with van der Waals surface area (Å²) in [5.41, 5.74) is 2.68. The van der Waals surface area contributed by atoms with Gasteiger partial charge in [0.25, 0.3) is 5.91 Å². The molecule has 2 aromatic heterocycles. The number of rotatable bonds is 7. The summed E-state index contributed by atoms with van der Waals surface area (Å²) in [4.78, 5) is 23.1. The van der Waals surface area contributed by atoms with Crippen LogP contribution in [0.3, 0.4) is 0 Å². The maximum atomic E-state index is 12.7. The van der Waals surface area contributed by atoms with E-state index in [1.165, 1.54) is 11.3 Å². The van der Waals surface area contributed by atoms with Crippen LogP contribution in [0.4, 0.5) is 11.6 Å². The highest BCUT2D eigenvalue weighted by Crippen LogP contribution is 2.28. The van der Waals surface area contributed by atoms with Gasteiger partial charge in [-0.05, 0) is 55.0 Å². The van der Waals surface area contributed by atoms with Crippen LogP contribution in [0.2, 0.25) is 0 Å². The van der Waals surface area contributed by atoms with E-state index in [-0.39, 0.29) is 11.9 Å². The fourth-order valence-electron chi connectivity index (χ4n) is 3.05. The zero-order valence-electron chi connectivity index (χ0n) is 17.2. The molecule has 0 saturated heterocycles. The summed E-state index contributed by atoms with van der Waals surface area (Å²) in [6, 6.07) is 22.9. The SMILES string of the molecule is COc1ccc(Nc2nccc(-c3ccc(C(=O)N[C@@H](C)c4ccccc4)s3)n2)cc1. The Morgan fingerprint density at radius 2 is 1.77 bits per heavy atom. The molecule has 1 amide bonds. The van der Waals surface area contributed by atoms with Gasteiger partial charge in [-0.1, -0.05) is 30.3 Å². The molecule has 6 nitrogen and oxygen atoms in total. The molecular formula is C24H22N4O2S. The van der Waals surface area contributed by atoms with Crippen LogP contribution in [0.15, 0.2) is 79.0 Å². The quantitative estimate of drug-likeness (QED) is 0.408. The molecule has 2 aromatic carbocycles. The number of carbonyl (C=O) groups excluding carboxylic acids is 1. The van der Waals surface area contributed by atoms with E-state index < -0.39 is 0 Å². The van der Waals surface area contributed by atoms with Crippen molar-refractivity contribution in [1.29, 1.82) is 0 Å². The van der Waals surface area contributed by atoms with Crippen molar-refractivity contribution in [2.45, 2.75) is 13.0 Å². The second-order valence-corrected chi connectivity index (χ2v) is 7.97. The first-order chi connectivity index (χ1) is 15.1. The molecule has 0 aliphatic carbocycles. The Morgan fingerprint density at radius 3 is 2.52 bits per heavy atom. The second-order valence-electron chi connectivity index (χ2n) is 6.89. The minimum atomic E-state index is -0.0989. The lowest BCUT2D eigenvalue weighted by Gasteiger charge is -2.13. The van der Waals surface area contributed by atoms with Crippen LogP contribution in [0.5, 0.6) is 5.75 Å². The molecule has 7 heteroatoms. The van der Waals surface area contributed by atoms with Gasteiger partial charge in [0, 0.05) is 11.9 Å². The Morgan fingerprint density at radius 1 is 1.00 bits per heavy atom. The summed E-state index contributed by atoms with van der Waals surface area (Å²) in [6.07, 6.45) is 1.70. The number of methoxy groups -OCH3 is 1. The molecule has 0 spiro atoms. The lowest BCUT2D eigenvalue weighted by Crippen LogP contribution is -2.25. The summed E-state index contributed by atoms with van der Waals surface area (Å²) in [6.45, 7) is 1.98. The molecule has 0 radical (unpaired) electrons. The number of anilines is 2. The van der Waals surface area contributed by atoms with E-state index in [0.717, 1.165) is 27.6 Å². The molecule has 0 unspecified atom stereocenters. The number of nitrogens with zero attached hydrogens (tertiary/aromatic N) is 2. The zero-order chi connectivity index (χ0) is 21.6. The first kappa shape index (κ1) is 20.6. The minimum absolute atomic E-state index is 0.0707. The summed E-state index contributed by atoms with van der Waals surface area (Å²) in [5, 5.41) is 6.23. The molecular weight excluding hydrogens is 408 g/mol. The van der Waals surface area contributed by atoms with Gasteiger partial charge in [-0.15, -0.1) is 11.3 Å². The number of hydrogen-bond acceptors (Lipinski definition) is 6. The lowest BCUT2D eigenvalue weighted by molar-refractivity contribution is 0.0944. The molecule has 1 atom stereocenters. The second kappa shape index (κ2) is 9.40. The van der Waals surface area contributed by atoms with Crippen LogP contribution in [-0.4, -0.2) is 23.0 Å². The van der Waals surface area contributed by atoms with Gasteiger partial charge >= 0.3 is 0 Å². The van der Waals surface area contributed by atoms with Crippen molar-refractivity contribution in [3.63, 3.8) is 0 Å². The highest BCUT2D eigenvalue weighted by atomic mass is 32.1. The van der Waals surface area contributed by atoms with Crippen LogP contribution in [0, 0.1) is 0 Å². The van der Waals surface area contributed by atoms with E-state index in [4.69, 9.17) is 4.74 Å². The fraction of sp³-hybridized carbons (Fsp3) is 0.125. The third-order valence-corrected chi connectivity index (χ3v) is 5.84. The van der Waals surface area contributed by atoms with Crippen LogP contribution in [-0.2, 0) is 0 Å². The van der Waals surface area contributed by atoms with Crippen molar-refractivity contribution < 1.29 is 9.53 Å². The summed E-state index contributed by atoms with van der Waals surface area (Å²) < 4.78 is 5.18. The number of thiophene rings is 1. The lowest BCUT2D eigenvalue weighted by atomic mass is 10.1. The third kappa shape index (κ3) is 5.07. The number of ether oxygens (including phenoxy) is 1. The van der Waals surface area contributed by atoms with Gasteiger partial charge in [-0.3, -0.25) is 4.79 Å². The highest BCUT2D eigenvalue weighted by molar-refractivity contribution is 7.17.